The molecule has 0 saturated carbocycles. The Labute approximate surface area is 140 Å². The van der Waals surface area contributed by atoms with Crippen molar-refractivity contribution in [1.82, 2.24) is 5.32 Å². The van der Waals surface area contributed by atoms with Crippen LogP contribution in [0, 0.1) is 0 Å². The molecule has 4 heteroatoms. The zero-order valence-electron chi connectivity index (χ0n) is 13.2. The van der Waals surface area contributed by atoms with Crippen LogP contribution in [0.15, 0.2) is 70.0 Å². The van der Waals surface area contributed by atoms with Crippen LogP contribution < -0.4 is 5.32 Å². The number of hydrogen-bond acceptors (Lipinski definition) is 3. The van der Waals surface area contributed by atoms with E-state index < -0.39 is 0 Å². The molecule has 0 fully saturated rings. The Morgan fingerprint density at radius 3 is 2.48 bits per heavy atom. The Bertz CT molecular complexity index is 764. The molecule has 0 aliphatic heterocycles. The number of nitrogens with one attached hydrogen (secondary N) is 1. The number of benzene rings is 2. The van der Waals surface area contributed by atoms with E-state index in [0.717, 1.165) is 21.6 Å². The molecule has 1 amide bonds. The highest BCUT2D eigenvalue weighted by Crippen LogP contribution is 2.26. The van der Waals surface area contributed by atoms with Crippen molar-refractivity contribution >= 4 is 28.6 Å². The van der Waals surface area contributed by atoms with Crippen molar-refractivity contribution in [3.8, 4) is 0 Å². The Balaban J connectivity index is 1.64. The molecule has 0 saturated heterocycles. The topological polar surface area (TPSA) is 42.2 Å². The van der Waals surface area contributed by atoms with Gasteiger partial charge in [-0.05, 0) is 38.1 Å². The summed E-state index contributed by atoms with van der Waals surface area (Å²) in [4.78, 5) is 13.5. The average molecular weight is 325 g/mol. The van der Waals surface area contributed by atoms with Crippen molar-refractivity contribution in [2.75, 3.05) is 0 Å². The largest absolute Gasteiger partial charge is 0.459 e. The fourth-order valence-electron chi connectivity index (χ4n) is 2.37. The van der Waals surface area contributed by atoms with Gasteiger partial charge in [-0.15, -0.1) is 11.8 Å². The van der Waals surface area contributed by atoms with Gasteiger partial charge >= 0.3 is 0 Å². The molecule has 0 aliphatic rings. The summed E-state index contributed by atoms with van der Waals surface area (Å²) in [7, 11) is 0. The molecule has 3 nitrogen and oxygen atoms in total. The molecule has 0 radical (unpaired) electrons. The lowest BCUT2D eigenvalue weighted by molar-refractivity contribution is -0.121. The number of carbonyl (C=O) groups is 1. The first kappa shape index (κ1) is 15.7. The third-order valence-electron chi connectivity index (χ3n) is 3.66. The maximum absolute atomic E-state index is 12.4. The summed E-state index contributed by atoms with van der Waals surface area (Å²) in [6.07, 6.45) is 0. The summed E-state index contributed by atoms with van der Waals surface area (Å²) >= 11 is 1.55. The first-order valence-corrected chi connectivity index (χ1v) is 8.52. The van der Waals surface area contributed by atoms with Gasteiger partial charge in [0.2, 0.25) is 5.91 Å². The Hall–Kier alpha value is -2.20. The van der Waals surface area contributed by atoms with E-state index in [2.05, 4.69) is 5.32 Å². The van der Waals surface area contributed by atoms with Crippen LogP contribution in [0.2, 0.25) is 0 Å². The molecule has 2 aromatic carbocycles. The van der Waals surface area contributed by atoms with Gasteiger partial charge in [0.25, 0.3) is 0 Å². The van der Waals surface area contributed by atoms with Gasteiger partial charge in [0.05, 0.1) is 11.3 Å². The van der Waals surface area contributed by atoms with Gasteiger partial charge in [0.15, 0.2) is 0 Å². The standard InChI is InChI=1S/C19H19NO2S/c1-13(18-12-15-8-6-7-11-17(15)22-18)20-19(21)14(2)23-16-9-4-3-5-10-16/h3-14H,1-2H3,(H,20,21). The highest BCUT2D eigenvalue weighted by Gasteiger charge is 2.19. The second-order valence-electron chi connectivity index (χ2n) is 5.49. The summed E-state index contributed by atoms with van der Waals surface area (Å²) in [5, 5.41) is 3.91. The summed E-state index contributed by atoms with van der Waals surface area (Å²) in [5.41, 5.74) is 0.843. The fourth-order valence-corrected chi connectivity index (χ4v) is 3.27. The number of carbonyl (C=O) groups excluding carboxylic acids is 1. The SMILES string of the molecule is CC(Sc1ccccc1)C(=O)NC(C)c1cc2ccccc2o1. The molecule has 2 atom stereocenters. The lowest BCUT2D eigenvalue weighted by Gasteiger charge is -2.15. The first-order valence-electron chi connectivity index (χ1n) is 7.64. The fraction of sp³-hybridized carbons (Fsp3) is 0.211. The van der Waals surface area contributed by atoms with Crippen LogP contribution in [0.5, 0.6) is 0 Å². The monoisotopic (exact) mass is 325 g/mol. The Morgan fingerprint density at radius 1 is 1.04 bits per heavy atom. The first-order chi connectivity index (χ1) is 11.1. The summed E-state index contributed by atoms with van der Waals surface area (Å²) in [6.45, 7) is 3.86. The second-order valence-corrected chi connectivity index (χ2v) is 6.90. The van der Waals surface area contributed by atoms with Crippen molar-refractivity contribution in [2.24, 2.45) is 0 Å². The van der Waals surface area contributed by atoms with Gasteiger partial charge in [0, 0.05) is 10.3 Å². The Morgan fingerprint density at radius 2 is 1.74 bits per heavy atom. The van der Waals surface area contributed by atoms with E-state index in [1.807, 2.05) is 74.5 Å². The van der Waals surface area contributed by atoms with Crippen LogP contribution in [-0.2, 0) is 4.79 Å². The van der Waals surface area contributed by atoms with E-state index in [1.54, 1.807) is 11.8 Å². The minimum Gasteiger partial charge on any atom is -0.459 e. The molecule has 118 valence electrons. The van der Waals surface area contributed by atoms with E-state index in [-0.39, 0.29) is 17.2 Å². The quantitative estimate of drug-likeness (QED) is 0.686. The van der Waals surface area contributed by atoms with Crippen LogP contribution in [0.4, 0.5) is 0 Å². The molecule has 3 rings (SSSR count). The van der Waals surface area contributed by atoms with Crippen molar-refractivity contribution in [3.05, 3.63) is 66.4 Å². The van der Waals surface area contributed by atoms with Gasteiger partial charge in [-0.2, -0.15) is 0 Å². The second kappa shape index (κ2) is 6.92. The normalized spacial score (nSPS) is 13.7. The van der Waals surface area contributed by atoms with E-state index in [1.165, 1.54) is 0 Å². The van der Waals surface area contributed by atoms with Gasteiger partial charge in [-0.1, -0.05) is 36.4 Å². The number of para-hydroxylation sites is 1. The molecule has 0 spiro atoms. The molecule has 0 bridgehead atoms. The predicted molar refractivity (Wildman–Crippen MR) is 94.5 cm³/mol. The zero-order chi connectivity index (χ0) is 16.2. The minimum absolute atomic E-state index is 0.00630. The molecule has 1 N–H and O–H groups in total. The molecule has 2 unspecified atom stereocenters. The highest BCUT2D eigenvalue weighted by molar-refractivity contribution is 8.00. The van der Waals surface area contributed by atoms with Gasteiger partial charge in [-0.25, -0.2) is 0 Å². The Kier molecular flexibility index (Phi) is 4.72. The zero-order valence-corrected chi connectivity index (χ0v) is 14.0. The lowest BCUT2D eigenvalue weighted by Crippen LogP contribution is -2.32. The number of thioether (sulfide) groups is 1. The molecule has 0 aliphatic carbocycles. The van der Waals surface area contributed by atoms with Crippen LogP contribution in [0.3, 0.4) is 0 Å². The van der Waals surface area contributed by atoms with Crippen LogP contribution in [0.1, 0.15) is 25.6 Å². The van der Waals surface area contributed by atoms with Crippen LogP contribution in [0.25, 0.3) is 11.0 Å². The molecule has 1 heterocycles. The molecular formula is C19H19NO2S. The smallest absolute Gasteiger partial charge is 0.233 e. The number of furan rings is 1. The van der Waals surface area contributed by atoms with E-state index in [4.69, 9.17) is 4.42 Å². The maximum Gasteiger partial charge on any atom is 0.233 e. The predicted octanol–water partition coefficient (Wildman–Crippen LogP) is 4.79. The number of hydrogen-bond donors (Lipinski definition) is 1. The summed E-state index contributed by atoms with van der Waals surface area (Å²) < 4.78 is 5.81. The number of fused-ring (bicyclic) bond motifs is 1. The number of amides is 1. The van der Waals surface area contributed by atoms with E-state index in [0.29, 0.717) is 0 Å². The molecule has 3 aromatic rings. The van der Waals surface area contributed by atoms with Gasteiger partial charge in [-0.3, -0.25) is 4.79 Å². The van der Waals surface area contributed by atoms with Crippen molar-refractivity contribution in [1.29, 1.82) is 0 Å². The lowest BCUT2D eigenvalue weighted by atomic mass is 10.2. The van der Waals surface area contributed by atoms with Crippen molar-refractivity contribution in [2.45, 2.75) is 30.0 Å². The van der Waals surface area contributed by atoms with Crippen LogP contribution >= 0.6 is 11.8 Å². The number of rotatable bonds is 5. The average Bonchev–Trinajstić information content (AvgIpc) is 3.00. The van der Waals surface area contributed by atoms with Crippen molar-refractivity contribution < 1.29 is 9.21 Å². The highest BCUT2D eigenvalue weighted by atomic mass is 32.2. The minimum atomic E-state index is -0.163. The van der Waals surface area contributed by atoms with E-state index in [9.17, 15) is 4.79 Å². The summed E-state index contributed by atoms with van der Waals surface area (Å²) in [5.74, 6) is 0.781. The molecule has 23 heavy (non-hydrogen) atoms. The maximum atomic E-state index is 12.4. The third-order valence-corrected chi connectivity index (χ3v) is 4.77. The molecule has 1 aromatic heterocycles. The summed E-state index contributed by atoms with van der Waals surface area (Å²) in [6, 6.07) is 19.6. The third kappa shape index (κ3) is 3.77. The molecular weight excluding hydrogens is 306 g/mol. The van der Waals surface area contributed by atoms with Crippen molar-refractivity contribution in [3.63, 3.8) is 0 Å². The van der Waals surface area contributed by atoms with Gasteiger partial charge < -0.3 is 9.73 Å². The van der Waals surface area contributed by atoms with Crippen LogP contribution in [-0.4, -0.2) is 11.2 Å². The van der Waals surface area contributed by atoms with Gasteiger partial charge in [0.1, 0.15) is 11.3 Å². The van der Waals surface area contributed by atoms with E-state index >= 15 is 0 Å².